The van der Waals surface area contributed by atoms with E-state index in [9.17, 15) is 13.2 Å². The molecular formula is C21H28N8O3S. The highest BCUT2D eigenvalue weighted by atomic mass is 32.2. The van der Waals surface area contributed by atoms with Crippen LogP contribution in [0.15, 0.2) is 18.6 Å². The minimum Gasteiger partial charge on any atom is -0.353 e. The number of hydrogen-bond donors (Lipinski definition) is 2. The molecule has 0 bridgehead atoms. The lowest BCUT2D eigenvalue weighted by molar-refractivity contribution is -0.124. The Bertz CT molecular complexity index is 1210. The van der Waals surface area contributed by atoms with Crippen LogP contribution in [0.4, 0.5) is 5.82 Å². The molecule has 33 heavy (non-hydrogen) atoms. The first-order valence-electron chi connectivity index (χ1n) is 11.2. The first-order chi connectivity index (χ1) is 15.8. The van der Waals surface area contributed by atoms with Crippen molar-refractivity contribution in [2.45, 2.75) is 43.2 Å². The number of fused-ring (bicyclic) bond motifs is 1. The molecule has 0 unspecified atom stereocenters. The molecule has 11 nitrogen and oxygen atoms in total. The van der Waals surface area contributed by atoms with Crippen molar-refractivity contribution >= 4 is 32.8 Å². The fraction of sp³-hybridized carbons (Fsp3) is 0.619. The number of H-pyrrole nitrogens is 1. The van der Waals surface area contributed by atoms with E-state index in [4.69, 9.17) is 5.26 Å². The number of Topliss-reactive ketones (excluding diaryl/α,β-unsaturated/α-hetero) is 1. The Hall–Kier alpha value is -2.59. The maximum atomic E-state index is 13.7. The molecule has 176 valence electrons. The van der Waals surface area contributed by atoms with Gasteiger partial charge >= 0.3 is 0 Å². The van der Waals surface area contributed by atoms with Gasteiger partial charge in [-0.2, -0.15) is 22.3 Å². The molecule has 1 saturated carbocycles. The van der Waals surface area contributed by atoms with E-state index in [1.807, 2.05) is 18.3 Å². The molecule has 1 atom stereocenters. The van der Waals surface area contributed by atoms with Crippen molar-refractivity contribution < 1.29 is 13.2 Å². The van der Waals surface area contributed by atoms with Crippen molar-refractivity contribution in [3.8, 4) is 6.07 Å². The molecule has 3 aliphatic rings. The molecular weight excluding hydrogens is 444 g/mol. The summed E-state index contributed by atoms with van der Waals surface area (Å²) in [6.45, 7) is 2.09. The monoisotopic (exact) mass is 472 g/mol. The van der Waals surface area contributed by atoms with E-state index >= 15 is 0 Å². The fourth-order valence-electron chi connectivity index (χ4n) is 5.30. The van der Waals surface area contributed by atoms with E-state index in [0.717, 1.165) is 36.1 Å². The van der Waals surface area contributed by atoms with Crippen molar-refractivity contribution in [3.05, 3.63) is 18.6 Å². The van der Waals surface area contributed by atoms with Crippen LogP contribution in [-0.2, 0) is 15.0 Å². The molecule has 3 fully saturated rings. The number of carbonyl (C=O) groups is 1. The smallest absolute Gasteiger partial charge is 0.282 e. The van der Waals surface area contributed by atoms with E-state index in [1.165, 1.54) is 17.7 Å². The normalized spacial score (nSPS) is 25.1. The number of nitriles is 1. The second-order valence-electron chi connectivity index (χ2n) is 9.29. The van der Waals surface area contributed by atoms with Crippen LogP contribution in [0.3, 0.4) is 0 Å². The third kappa shape index (κ3) is 3.69. The predicted molar refractivity (Wildman–Crippen MR) is 122 cm³/mol. The average molecular weight is 473 g/mol. The van der Waals surface area contributed by atoms with Gasteiger partial charge in [-0.15, -0.1) is 0 Å². The van der Waals surface area contributed by atoms with Gasteiger partial charge in [0, 0.05) is 39.4 Å². The first kappa shape index (κ1) is 22.2. The number of anilines is 1. The van der Waals surface area contributed by atoms with E-state index in [-0.39, 0.29) is 18.7 Å². The van der Waals surface area contributed by atoms with E-state index in [2.05, 4.69) is 25.2 Å². The number of likely N-dealkylation sites (N-methyl/N-ethyl adjacent to an activating group) is 1. The van der Waals surface area contributed by atoms with Crippen LogP contribution in [0.25, 0.3) is 11.0 Å². The number of nitrogens with one attached hydrogen (secondary N) is 2. The highest BCUT2D eigenvalue weighted by Crippen LogP contribution is 2.47. The van der Waals surface area contributed by atoms with E-state index in [0.29, 0.717) is 32.6 Å². The Balaban J connectivity index is 1.36. The van der Waals surface area contributed by atoms with Crippen LogP contribution in [0.5, 0.6) is 0 Å². The minimum absolute atomic E-state index is 0.0298. The Labute approximate surface area is 192 Å². The number of aromatic nitrogens is 3. The molecule has 2 N–H and O–H groups in total. The van der Waals surface area contributed by atoms with Gasteiger partial charge in [0.1, 0.15) is 17.8 Å². The average Bonchev–Trinajstić information content (AvgIpc) is 3.19. The van der Waals surface area contributed by atoms with Crippen LogP contribution in [-0.4, -0.2) is 88.6 Å². The van der Waals surface area contributed by atoms with Gasteiger partial charge in [-0.05, 0) is 38.3 Å². The Kier molecular flexibility index (Phi) is 5.40. The molecule has 1 spiro atoms. The van der Waals surface area contributed by atoms with Crippen molar-refractivity contribution in [3.63, 3.8) is 0 Å². The Morgan fingerprint density at radius 1 is 1.30 bits per heavy atom. The first-order valence-corrected chi connectivity index (χ1v) is 12.6. The summed E-state index contributed by atoms with van der Waals surface area (Å²) in [6.07, 6.45) is 6.01. The zero-order valence-electron chi connectivity index (χ0n) is 18.6. The van der Waals surface area contributed by atoms with E-state index < -0.39 is 21.3 Å². The number of ketones is 1. The molecule has 1 aliphatic carbocycles. The van der Waals surface area contributed by atoms with Crippen LogP contribution in [0.1, 0.15) is 32.1 Å². The molecule has 12 heteroatoms. The molecule has 4 heterocycles. The van der Waals surface area contributed by atoms with Crippen molar-refractivity contribution in [1.82, 2.24) is 28.9 Å². The summed E-state index contributed by atoms with van der Waals surface area (Å²) in [5, 5.41) is 13.1. The molecule has 2 aromatic heterocycles. The van der Waals surface area contributed by atoms with E-state index in [1.54, 1.807) is 4.31 Å². The summed E-state index contributed by atoms with van der Waals surface area (Å²) in [4.78, 5) is 26.7. The Morgan fingerprint density at radius 3 is 2.82 bits per heavy atom. The molecule has 2 aromatic rings. The summed E-state index contributed by atoms with van der Waals surface area (Å²) >= 11 is 0. The van der Waals surface area contributed by atoms with Gasteiger partial charge in [0.15, 0.2) is 5.78 Å². The van der Waals surface area contributed by atoms with Gasteiger partial charge < -0.3 is 15.2 Å². The van der Waals surface area contributed by atoms with Gasteiger partial charge in [-0.1, -0.05) is 0 Å². The van der Waals surface area contributed by atoms with Crippen molar-refractivity contribution in [1.29, 1.82) is 5.26 Å². The largest absolute Gasteiger partial charge is 0.353 e. The van der Waals surface area contributed by atoms with Crippen LogP contribution in [0.2, 0.25) is 0 Å². The lowest BCUT2D eigenvalue weighted by Gasteiger charge is -2.44. The van der Waals surface area contributed by atoms with Gasteiger partial charge in [0.25, 0.3) is 10.2 Å². The summed E-state index contributed by atoms with van der Waals surface area (Å²) < 4.78 is 30.2. The molecule has 5 rings (SSSR count). The summed E-state index contributed by atoms with van der Waals surface area (Å²) in [5.41, 5.74) is -0.695. The van der Waals surface area contributed by atoms with Crippen LogP contribution >= 0.6 is 0 Å². The molecule has 2 aliphatic heterocycles. The summed E-state index contributed by atoms with van der Waals surface area (Å²) in [7, 11) is -2.26. The zero-order valence-corrected chi connectivity index (χ0v) is 19.4. The number of hydrogen-bond acceptors (Lipinski definition) is 8. The van der Waals surface area contributed by atoms with Crippen LogP contribution in [0, 0.1) is 11.3 Å². The topological polar surface area (TPSA) is 138 Å². The van der Waals surface area contributed by atoms with Gasteiger partial charge in [0.05, 0.1) is 29.0 Å². The second kappa shape index (κ2) is 8.02. The molecule has 0 aromatic carbocycles. The summed E-state index contributed by atoms with van der Waals surface area (Å²) in [5.74, 6) is 0.573. The maximum Gasteiger partial charge on any atom is 0.282 e. The van der Waals surface area contributed by atoms with Gasteiger partial charge in [0.2, 0.25) is 0 Å². The third-order valence-electron chi connectivity index (χ3n) is 7.23. The third-order valence-corrected chi connectivity index (χ3v) is 9.27. The number of carbonyl (C=O) groups excluding carboxylic acids is 1. The number of rotatable bonds is 7. The quantitative estimate of drug-likeness (QED) is 0.590. The predicted octanol–water partition coefficient (Wildman–Crippen LogP) is 0.394. The molecule has 0 amide bonds. The lowest BCUT2D eigenvalue weighted by atomic mass is 9.90. The summed E-state index contributed by atoms with van der Waals surface area (Å²) in [6, 6.07) is 3.85. The van der Waals surface area contributed by atoms with Gasteiger partial charge in [-0.3, -0.25) is 4.79 Å². The highest BCUT2D eigenvalue weighted by Gasteiger charge is 2.57. The number of piperazine rings is 1. The number of nitrogens with zero attached hydrogens (tertiary/aromatic N) is 6. The maximum absolute atomic E-state index is 13.7. The van der Waals surface area contributed by atoms with Crippen LogP contribution < -0.4 is 10.2 Å². The molecule has 0 radical (unpaired) electrons. The van der Waals surface area contributed by atoms with Crippen molar-refractivity contribution in [2.24, 2.45) is 0 Å². The number of aromatic amines is 1. The molecule has 2 saturated heterocycles. The van der Waals surface area contributed by atoms with Gasteiger partial charge in [-0.25, -0.2) is 9.97 Å². The SMILES string of the molecule is CN(C[C@@]1(C(=O)CC#N)CCCN1)S(=O)(=O)N1CCN(c2ncnc3[nH]ccc23)CC12CC2. The Morgan fingerprint density at radius 2 is 2.12 bits per heavy atom. The fourth-order valence-corrected chi connectivity index (χ4v) is 7.07. The lowest BCUT2D eigenvalue weighted by Crippen LogP contribution is -2.62. The zero-order chi connectivity index (χ0) is 23.3. The second-order valence-corrected chi connectivity index (χ2v) is 11.2. The standard InChI is InChI=1S/C21H28N8O3S/c1-27(14-21(5-2-9-26-21)17(30)3-8-22)33(31,32)29-12-11-28(13-20(29)6-7-20)19-16-4-10-23-18(16)24-15-25-19/h4,10,15,26H,2-3,5-7,9,11-14H2,1H3,(H,23,24,25)/t21-/m1/s1. The van der Waals surface area contributed by atoms with Crippen molar-refractivity contribution in [2.75, 3.05) is 44.7 Å². The highest BCUT2D eigenvalue weighted by molar-refractivity contribution is 7.86. The minimum atomic E-state index is -3.79.